The van der Waals surface area contributed by atoms with Crippen LogP contribution in [0.3, 0.4) is 0 Å². The monoisotopic (exact) mass is 564 g/mol. The van der Waals surface area contributed by atoms with Gasteiger partial charge in [-0.2, -0.15) is 0 Å². The number of hydrogen-bond acceptors (Lipinski definition) is 5. The number of benzene rings is 4. The highest BCUT2D eigenvalue weighted by Gasteiger charge is 2.34. The third-order valence-electron chi connectivity index (χ3n) is 6.82. The van der Waals surface area contributed by atoms with Gasteiger partial charge in [0.2, 0.25) is 10.6 Å². The van der Waals surface area contributed by atoms with Crippen LogP contribution in [0, 0.1) is 0 Å². The zero-order valence-corrected chi connectivity index (χ0v) is 22.6. The number of carbonyl (C=O) groups is 1. The number of hydrogen-bond donors (Lipinski definition) is 0. The van der Waals surface area contributed by atoms with Crippen LogP contribution in [0.15, 0.2) is 122 Å². The fourth-order valence-electron chi connectivity index (χ4n) is 4.85. The van der Waals surface area contributed by atoms with Crippen LogP contribution in [0.5, 0.6) is 0 Å². The maximum Gasteiger partial charge on any atom is 0.225 e. The Bertz CT molecular complexity index is 1600. The molecule has 7 nitrogen and oxygen atoms in total. The average Bonchev–Trinajstić information content (AvgIpc) is 3.63. The van der Waals surface area contributed by atoms with E-state index < -0.39 is 12.1 Å². The van der Waals surface area contributed by atoms with E-state index in [2.05, 4.69) is 20.4 Å². The van der Waals surface area contributed by atoms with Crippen LogP contribution < -0.4 is 0 Å². The summed E-state index contributed by atoms with van der Waals surface area (Å²) in [6.07, 6.45) is 2.92. The van der Waals surface area contributed by atoms with Crippen LogP contribution in [0.2, 0.25) is 10.6 Å². The van der Waals surface area contributed by atoms with Gasteiger partial charge >= 0.3 is 0 Å². The van der Waals surface area contributed by atoms with Crippen molar-refractivity contribution in [3.63, 3.8) is 0 Å². The molecular weight excluding hydrogens is 543 g/mol. The van der Waals surface area contributed by atoms with Crippen molar-refractivity contribution in [2.45, 2.75) is 12.1 Å². The minimum atomic E-state index is -0.843. The van der Waals surface area contributed by atoms with Gasteiger partial charge in [-0.1, -0.05) is 109 Å². The molecule has 196 valence electrons. The Morgan fingerprint density at radius 2 is 0.875 bits per heavy atom. The van der Waals surface area contributed by atoms with Gasteiger partial charge in [0.15, 0.2) is 5.78 Å². The summed E-state index contributed by atoms with van der Waals surface area (Å²) in [5.74, 6) is -0.205. The Kier molecular flexibility index (Phi) is 7.23. The molecule has 0 radical (unpaired) electrons. The normalized spacial score (nSPS) is 12.7. The van der Waals surface area contributed by atoms with Gasteiger partial charge in [0, 0.05) is 0 Å². The molecule has 0 bridgehead atoms. The van der Waals surface area contributed by atoms with Crippen molar-refractivity contribution in [2.75, 3.05) is 0 Å². The molecule has 0 saturated heterocycles. The largest absolute Gasteiger partial charge is 0.294 e. The second-order valence-corrected chi connectivity index (χ2v) is 9.87. The molecule has 2 atom stereocenters. The standard InChI is InChI=1S/C31H22Cl2N6O/c32-30-36-34-19-38(30)27(25-15-11-23(12-16-25)21-7-3-1-4-8-21)29(40)28(39-20-35-37-31(39)33)26-17-13-24(14-18-26)22-9-5-2-6-10-22/h1-20,27-28H. The zero-order valence-electron chi connectivity index (χ0n) is 21.0. The van der Waals surface area contributed by atoms with Gasteiger partial charge in [0.25, 0.3) is 0 Å². The van der Waals surface area contributed by atoms with Gasteiger partial charge in [-0.05, 0) is 56.6 Å². The van der Waals surface area contributed by atoms with Gasteiger partial charge in [-0.25, -0.2) is 0 Å². The highest BCUT2D eigenvalue weighted by molar-refractivity contribution is 6.29. The molecule has 0 amide bonds. The van der Waals surface area contributed by atoms with Crippen molar-refractivity contribution in [1.82, 2.24) is 29.5 Å². The minimum absolute atomic E-state index is 0.0958. The topological polar surface area (TPSA) is 78.5 Å². The van der Waals surface area contributed by atoms with E-state index >= 15 is 0 Å². The second kappa shape index (κ2) is 11.3. The molecule has 0 saturated carbocycles. The number of halogens is 2. The smallest absolute Gasteiger partial charge is 0.225 e. The van der Waals surface area contributed by atoms with Crippen LogP contribution in [0.25, 0.3) is 22.3 Å². The SMILES string of the molecule is O=C(C(c1ccc(-c2ccccc2)cc1)n1cnnc1Cl)C(c1ccc(-c2ccccc2)cc1)n1cnnc1Cl. The number of carbonyl (C=O) groups excluding carboxylic acids is 1. The lowest BCUT2D eigenvalue weighted by Crippen LogP contribution is -2.30. The molecule has 40 heavy (non-hydrogen) atoms. The first kappa shape index (κ1) is 25.7. The lowest BCUT2D eigenvalue weighted by molar-refractivity contribution is -0.123. The molecule has 0 fully saturated rings. The summed E-state index contributed by atoms with van der Waals surface area (Å²) >= 11 is 12.9. The van der Waals surface area contributed by atoms with E-state index in [-0.39, 0.29) is 16.4 Å². The van der Waals surface area contributed by atoms with E-state index in [9.17, 15) is 4.79 Å². The van der Waals surface area contributed by atoms with Crippen LogP contribution >= 0.6 is 23.2 Å². The first-order valence-corrected chi connectivity index (χ1v) is 13.3. The summed E-state index contributed by atoms with van der Waals surface area (Å²) in [6, 6.07) is 34.0. The molecule has 0 N–H and O–H groups in total. The van der Waals surface area contributed by atoms with E-state index in [1.165, 1.54) is 12.7 Å². The fourth-order valence-corrected chi connectivity index (χ4v) is 5.22. The summed E-state index contributed by atoms with van der Waals surface area (Å²) in [7, 11) is 0. The second-order valence-electron chi connectivity index (χ2n) is 9.20. The molecule has 2 aromatic heterocycles. The summed E-state index contributed by atoms with van der Waals surface area (Å²) in [6.45, 7) is 0. The number of aromatic nitrogens is 6. The highest BCUT2D eigenvalue weighted by Crippen LogP contribution is 2.34. The Morgan fingerprint density at radius 3 is 1.20 bits per heavy atom. The number of ketones is 1. The van der Waals surface area contributed by atoms with E-state index in [0.717, 1.165) is 33.4 Å². The van der Waals surface area contributed by atoms with Crippen molar-refractivity contribution in [3.8, 4) is 22.3 Å². The Morgan fingerprint density at radius 1 is 0.525 bits per heavy atom. The average molecular weight is 565 g/mol. The van der Waals surface area contributed by atoms with E-state index in [0.29, 0.717) is 0 Å². The molecule has 6 aromatic rings. The van der Waals surface area contributed by atoms with Crippen molar-refractivity contribution >= 4 is 29.0 Å². The molecule has 2 unspecified atom stereocenters. The number of rotatable bonds is 8. The molecule has 0 aliphatic carbocycles. The Labute approximate surface area is 240 Å². The van der Waals surface area contributed by atoms with Gasteiger partial charge in [0.05, 0.1) is 0 Å². The maximum absolute atomic E-state index is 14.6. The number of nitrogens with zero attached hydrogens (tertiary/aromatic N) is 6. The van der Waals surface area contributed by atoms with Crippen LogP contribution in [0.4, 0.5) is 0 Å². The van der Waals surface area contributed by atoms with Crippen molar-refractivity contribution in [1.29, 1.82) is 0 Å². The maximum atomic E-state index is 14.6. The first-order chi connectivity index (χ1) is 19.6. The lowest BCUT2D eigenvalue weighted by Gasteiger charge is -2.25. The quantitative estimate of drug-likeness (QED) is 0.199. The van der Waals surface area contributed by atoms with Gasteiger partial charge in [-0.3, -0.25) is 13.9 Å². The Hall–Kier alpha value is -4.59. The summed E-state index contributed by atoms with van der Waals surface area (Å²) in [5, 5.41) is 16.0. The van der Waals surface area contributed by atoms with Gasteiger partial charge < -0.3 is 0 Å². The molecule has 6 rings (SSSR count). The highest BCUT2D eigenvalue weighted by atomic mass is 35.5. The van der Waals surface area contributed by atoms with E-state index in [1.54, 1.807) is 9.13 Å². The lowest BCUT2D eigenvalue weighted by atomic mass is 9.91. The van der Waals surface area contributed by atoms with Crippen LogP contribution in [-0.4, -0.2) is 35.3 Å². The van der Waals surface area contributed by atoms with Crippen molar-refractivity contribution in [2.24, 2.45) is 0 Å². The molecule has 2 heterocycles. The predicted octanol–water partition coefficient (Wildman–Crippen LogP) is 6.96. The van der Waals surface area contributed by atoms with Crippen molar-refractivity contribution in [3.05, 3.63) is 144 Å². The van der Waals surface area contributed by atoms with Crippen LogP contribution in [0.1, 0.15) is 23.2 Å². The van der Waals surface area contributed by atoms with Gasteiger partial charge in [0.1, 0.15) is 24.7 Å². The zero-order chi connectivity index (χ0) is 27.5. The first-order valence-electron chi connectivity index (χ1n) is 12.5. The fraction of sp³-hybridized carbons (Fsp3) is 0.0645. The molecule has 4 aromatic carbocycles. The Balaban J connectivity index is 1.43. The molecule has 9 heteroatoms. The molecule has 0 aliphatic rings. The summed E-state index contributed by atoms with van der Waals surface area (Å²) in [5.41, 5.74) is 5.66. The third-order valence-corrected chi connectivity index (χ3v) is 7.36. The van der Waals surface area contributed by atoms with Crippen molar-refractivity contribution < 1.29 is 4.79 Å². The van der Waals surface area contributed by atoms with Crippen LogP contribution in [-0.2, 0) is 4.79 Å². The number of Topliss-reactive ketones (excluding diaryl/α,β-unsaturated/α-hetero) is 1. The van der Waals surface area contributed by atoms with Gasteiger partial charge in [-0.15, -0.1) is 20.4 Å². The molecular formula is C31H22Cl2N6O. The summed E-state index contributed by atoms with van der Waals surface area (Å²) < 4.78 is 3.12. The third kappa shape index (κ3) is 5.04. The molecule has 0 spiro atoms. The van der Waals surface area contributed by atoms with E-state index in [4.69, 9.17) is 23.2 Å². The minimum Gasteiger partial charge on any atom is -0.294 e. The summed E-state index contributed by atoms with van der Waals surface area (Å²) in [4.78, 5) is 14.6. The molecule has 0 aliphatic heterocycles. The predicted molar refractivity (Wildman–Crippen MR) is 155 cm³/mol. The van der Waals surface area contributed by atoms with E-state index in [1.807, 2.05) is 109 Å².